The van der Waals surface area contributed by atoms with Gasteiger partial charge in [-0.3, -0.25) is 0 Å². The Bertz CT molecular complexity index is 349. The summed E-state index contributed by atoms with van der Waals surface area (Å²) in [7, 11) is 0. The minimum Gasteiger partial charge on any atom is -0.358 e. The summed E-state index contributed by atoms with van der Waals surface area (Å²) in [5.74, 6) is -0.291. The Kier molecular flexibility index (Phi) is 1.88. The van der Waals surface area contributed by atoms with E-state index in [4.69, 9.17) is 4.74 Å². The van der Waals surface area contributed by atoms with Crippen molar-refractivity contribution in [3.05, 3.63) is 35.1 Å². The zero-order chi connectivity index (χ0) is 9.42. The summed E-state index contributed by atoms with van der Waals surface area (Å²) in [6.07, 6.45) is 0.0201. The van der Waals surface area contributed by atoms with Gasteiger partial charge in [0, 0.05) is 0 Å². The quantitative estimate of drug-likeness (QED) is 0.619. The maximum Gasteiger partial charge on any atom is 0.153 e. The Balaban J connectivity index is 2.51. The lowest BCUT2D eigenvalue weighted by Gasteiger charge is -2.02. The molecule has 1 heterocycles. The van der Waals surface area contributed by atoms with Crippen molar-refractivity contribution in [2.24, 2.45) is 0 Å². The van der Waals surface area contributed by atoms with Gasteiger partial charge in [-0.25, -0.2) is 4.39 Å². The Morgan fingerprint density at radius 1 is 1.46 bits per heavy atom. The molecule has 13 heavy (non-hydrogen) atoms. The Hall–Kier alpha value is -1.22. The summed E-state index contributed by atoms with van der Waals surface area (Å²) in [4.78, 5) is 10.6. The third kappa shape index (κ3) is 1.25. The highest BCUT2D eigenvalue weighted by atomic mass is 19.1. The van der Waals surface area contributed by atoms with Crippen LogP contribution in [-0.2, 0) is 9.53 Å². The molecule has 0 aromatic heterocycles. The summed E-state index contributed by atoms with van der Waals surface area (Å²) >= 11 is 0. The van der Waals surface area contributed by atoms with Gasteiger partial charge >= 0.3 is 0 Å². The van der Waals surface area contributed by atoms with Gasteiger partial charge in [0.1, 0.15) is 11.9 Å². The molecule has 0 aliphatic carbocycles. The smallest absolute Gasteiger partial charge is 0.153 e. The molecule has 2 nitrogen and oxygen atoms in total. The van der Waals surface area contributed by atoms with Crippen LogP contribution in [0.3, 0.4) is 0 Å². The molecule has 68 valence electrons. The van der Waals surface area contributed by atoms with Gasteiger partial charge in [-0.15, -0.1) is 0 Å². The fraction of sp³-hybridized carbons (Fsp3) is 0.300. The zero-order valence-corrected chi connectivity index (χ0v) is 7.16. The topological polar surface area (TPSA) is 26.3 Å². The molecular formula is C10H9FO2. The van der Waals surface area contributed by atoms with E-state index in [9.17, 15) is 9.18 Å². The maximum atomic E-state index is 12.8. The van der Waals surface area contributed by atoms with Gasteiger partial charge in [0.2, 0.25) is 0 Å². The van der Waals surface area contributed by atoms with Gasteiger partial charge in [-0.2, -0.15) is 0 Å². The van der Waals surface area contributed by atoms with Crippen LogP contribution in [0.1, 0.15) is 30.3 Å². The van der Waals surface area contributed by atoms with E-state index in [1.54, 1.807) is 6.07 Å². The van der Waals surface area contributed by atoms with Crippen LogP contribution >= 0.6 is 0 Å². The van der Waals surface area contributed by atoms with Crippen LogP contribution in [0.5, 0.6) is 0 Å². The molecule has 0 N–H and O–H groups in total. The van der Waals surface area contributed by atoms with Gasteiger partial charge in [0.05, 0.1) is 6.10 Å². The number of hydrogen-bond acceptors (Lipinski definition) is 2. The predicted octanol–water partition coefficient (Wildman–Crippen LogP) is 2.16. The number of aldehydes is 1. The minimum absolute atomic E-state index is 0.194. The van der Waals surface area contributed by atoms with Crippen LogP contribution < -0.4 is 0 Å². The molecule has 0 saturated carbocycles. The largest absolute Gasteiger partial charge is 0.358 e. The molecule has 2 rings (SSSR count). The highest BCUT2D eigenvalue weighted by Crippen LogP contribution is 2.37. The first-order valence-corrected chi connectivity index (χ1v) is 4.12. The number of ether oxygens (including phenoxy) is 1. The molecule has 0 spiro atoms. The number of halogens is 1. The van der Waals surface area contributed by atoms with Crippen molar-refractivity contribution >= 4 is 6.29 Å². The van der Waals surface area contributed by atoms with E-state index in [1.807, 2.05) is 6.92 Å². The fourth-order valence-corrected chi connectivity index (χ4v) is 1.63. The normalized spacial score (nSPS) is 25.7. The van der Waals surface area contributed by atoms with Gasteiger partial charge in [0.25, 0.3) is 0 Å². The van der Waals surface area contributed by atoms with E-state index < -0.39 is 6.10 Å². The maximum absolute atomic E-state index is 12.8. The molecular weight excluding hydrogens is 171 g/mol. The molecule has 1 aliphatic rings. The van der Waals surface area contributed by atoms with Crippen LogP contribution in [0.15, 0.2) is 18.2 Å². The molecule has 0 bridgehead atoms. The SMILES string of the molecule is C[C@@H]1OC(C=O)c2ccc(F)cc21. The van der Waals surface area contributed by atoms with Crippen LogP contribution in [0.2, 0.25) is 0 Å². The second-order valence-corrected chi connectivity index (χ2v) is 3.11. The van der Waals surface area contributed by atoms with E-state index in [-0.39, 0.29) is 11.9 Å². The number of rotatable bonds is 1. The molecule has 0 radical (unpaired) electrons. The van der Waals surface area contributed by atoms with Gasteiger partial charge in [0.15, 0.2) is 6.29 Å². The lowest BCUT2D eigenvalue weighted by Crippen LogP contribution is -1.96. The lowest BCUT2D eigenvalue weighted by atomic mass is 10.0. The molecule has 0 fully saturated rings. The lowest BCUT2D eigenvalue weighted by molar-refractivity contribution is -0.119. The van der Waals surface area contributed by atoms with Gasteiger partial charge in [-0.1, -0.05) is 6.07 Å². The summed E-state index contributed by atoms with van der Waals surface area (Å²) in [6.45, 7) is 1.81. The van der Waals surface area contributed by atoms with Gasteiger partial charge < -0.3 is 9.53 Å². The van der Waals surface area contributed by atoms with Crippen LogP contribution in [-0.4, -0.2) is 6.29 Å². The van der Waals surface area contributed by atoms with Crippen LogP contribution in [0.4, 0.5) is 4.39 Å². The number of hydrogen-bond donors (Lipinski definition) is 0. The Morgan fingerprint density at radius 2 is 2.23 bits per heavy atom. The van der Waals surface area contributed by atoms with Crippen LogP contribution in [0, 0.1) is 5.82 Å². The van der Waals surface area contributed by atoms with Crippen molar-refractivity contribution in [3.8, 4) is 0 Å². The van der Waals surface area contributed by atoms with E-state index >= 15 is 0 Å². The van der Waals surface area contributed by atoms with Crippen molar-refractivity contribution < 1.29 is 13.9 Å². The van der Waals surface area contributed by atoms with Gasteiger partial charge in [-0.05, 0) is 30.2 Å². The van der Waals surface area contributed by atoms with E-state index in [1.165, 1.54) is 12.1 Å². The molecule has 0 amide bonds. The second kappa shape index (κ2) is 2.92. The van der Waals surface area contributed by atoms with E-state index in [2.05, 4.69) is 0 Å². The highest BCUT2D eigenvalue weighted by Gasteiger charge is 2.28. The first-order valence-electron chi connectivity index (χ1n) is 4.12. The number of carbonyl (C=O) groups is 1. The number of benzene rings is 1. The van der Waals surface area contributed by atoms with Crippen molar-refractivity contribution in [2.45, 2.75) is 19.1 Å². The third-order valence-corrected chi connectivity index (χ3v) is 2.27. The standard InChI is InChI=1S/C10H9FO2/c1-6-9-4-7(11)2-3-8(9)10(5-12)13-6/h2-6,10H,1H3/t6-,10?/m0/s1. The molecule has 2 atom stereocenters. The zero-order valence-electron chi connectivity index (χ0n) is 7.16. The Labute approximate surface area is 75.3 Å². The Morgan fingerprint density at radius 3 is 2.92 bits per heavy atom. The molecule has 0 saturated heterocycles. The van der Waals surface area contributed by atoms with Crippen molar-refractivity contribution in [1.82, 2.24) is 0 Å². The number of carbonyl (C=O) groups excluding carboxylic acids is 1. The van der Waals surface area contributed by atoms with E-state index in [0.717, 1.165) is 17.4 Å². The molecule has 1 aromatic carbocycles. The number of fused-ring (bicyclic) bond motifs is 1. The predicted molar refractivity (Wildman–Crippen MR) is 44.7 cm³/mol. The molecule has 1 aromatic rings. The second-order valence-electron chi connectivity index (χ2n) is 3.11. The summed E-state index contributed by atoms with van der Waals surface area (Å²) in [6, 6.07) is 4.37. The molecule has 3 heteroatoms. The average molecular weight is 180 g/mol. The van der Waals surface area contributed by atoms with Crippen LogP contribution in [0.25, 0.3) is 0 Å². The summed E-state index contributed by atoms with van der Waals surface area (Å²) in [5, 5.41) is 0. The highest BCUT2D eigenvalue weighted by molar-refractivity contribution is 5.63. The molecule has 1 unspecified atom stereocenters. The minimum atomic E-state index is -0.523. The fourth-order valence-electron chi connectivity index (χ4n) is 1.63. The molecule has 1 aliphatic heterocycles. The average Bonchev–Trinajstić information content (AvgIpc) is 2.43. The van der Waals surface area contributed by atoms with Crippen molar-refractivity contribution in [1.29, 1.82) is 0 Å². The monoisotopic (exact) mass is 180 g/mol. The summed E-state index contributed by atoms with van der Waals surface area (Å²) in [5.41, 5.74) is 1.56. The third-order valence-electron chi connectivity index (χ3n) is 2.27. The van der Waals surface area contributed by atoms with E-state index in [0.29, 0.717) is 0 Å². The van der Waals surface area contributed by atoms with Crippen molar-refractivity contribution in [3.63, 3.8) is 0 Å². The van der Waals surface area contributed by atoms with Crippen molar-refractivity contribution in [2.75, 3.05) is 0 Å². The first kappa shape index (κ1) is 8.38. The summed E-state index contributed by atoms with van der Waals surface area (Å²) < 4.78 is 18.1. The first-order chi connectivity index (χ1) is 6.22.